The zero-order chi connectivity index (χ0) is 27.4. The third kappa shape index (κ3) is 6.04. The van der Waals surface area contributed by atoms with Gasteiger partial charge in [-0.1, -0.05) is 12.1 Å². The molecular formula is C31H34FN5O2. The summed E-state index contributed by atoms with van der Waals surface area (Å²) in [5.41, 5.74) is 10.0. The summed E-state index contributed by atoms with van der Waals surface area (Å²) in [5, 5.41) is 9.25. The van der Waals surface area contributed by atoms with Gasteiger partial charge in [-0.05, 0) is 68.2 Å². The number of benzene rings is 2. The largest absolute Gasteiger partial charge is 0.371 e. The van der Waals surface area contributed by atoms with Crippen LogP contribution in [0, 0.1) is 17.1 Å². The van der Waals surface area contributed by atoms with E-state index in [1.54, 1.807) is 6.07 Å². The lowest BCUT2D eigenvalue weighted by molar-refractivity contribution is -0.128. The van der Waals surface area contributed by atoms with Crippen molar-refractivity contribution < 1.29 is 14.0 Å². The summed E-state index contributed by atoms with van der Waals surface area (Å²) < 4.78 is 14.8. The van der Waals surface area contributed by atoms with Gasteiger partial charge in [0.15, 0.2) is 0 Å². The van der Waals surface area contributed by atoms with Crippen LogP contribution in [0.15, 0.2) is 60.2 Å². The number of Topliss-reactive ketones (excluding diaryl/α,β-unsaturated/α-hetero) is 1. The minimum absolute atomic E-state index is 0.0183. The molecular weight excluding hydrogens is 493 g/mol. The molecule has 2 aromatic rings. The molecule has 1 amide bonds. The van der Waals surface area contributed by atoms with Crippen LogP contribution >= 0.6 is 0 Å². The van der Waals surface area contributed by atoms with E-state index in [0.29, 0.717) is 68.2 Å². The number of amides is 1. The van der Waals surface area contributed by atoms with E-state index in [4.69, 9.17) is 5.73 Å². The Morgan fingerprint density at radius 3 is 2.44 bits per heavy atom. The van der Waals surface area contributed by atoms with E-state index >= 15 is 0 Å². The summed E-state index contributed by atoms with van der Waals surface area (Å²) in [7, 11) is 0. The molecule has 0 bridgehead atoms. The van der Waals surface area contributed by atoms with Crippen LogP contribution in [0.1, 0.15) is 49.7 Å². The van der Waals surface area contributed by atoms with Crippen molar-refractivity contribution in [3.63, 3.8) is 0 Å². The van der Waals surface area contributed by atoms with Crippen LogP contribution in [0.5, 0.6) is 0 Å². The van der Waals surface area contributed by atoms with Crippen molar-refractivity contribution in [3.05, 3.63) is 77.1 Å². The number of rotatable bonds is 4. The highest BCUT2D eigenvalue weighted by molar-refractivity contribution is 5.99. The van der Waals surface area contributed by atoms with Gasteiger partial charge in [0, 0.05) is 79.8 Å². The van der Waals surface area contributed by atoms with Crippen LogP contribution in [-0.2, 0) is 9.59 Å². The first-order valence-corrected chi connectivity index (χ1v) is 13.7. The van der Waals surface area contributed by atoms with E-state index in [-0.39, 0.29) is 17.5 Å². The van der Waals surface area contributed by atoms with E-state index in [1.807, 2.05) is 35.3 Å². The molecule has 2 saturated heterocycles. The summed E-state index contributed by atoms with van der Waals surface area (Å²) in [5.74, 6) is -0.349. The molecule has 8 heteroatoms. The Morgan fingerprint density at radius 1 is 1.00 bits per heavy atom. The maximum atomic E-state index is 14.8. The molecule has 39 heavy (non-hydrogen) atoms. The van der Waals surface area contributed by atoms with Crippen molar-refractivity contribution in [1.29, 1.82) is 5.26 Å². The molecule has 0 aliphatic carbocycles. The lowest BCUT2D eigenvalue weighted by Gasteiger charge is -2.33. The third-order valence-corrected chi connectivity index (χ3v) is 7.76. The molecule has 2 N–H and O–H groups in total. The number of nitrogens with zero attached hydrogens (tertiary/aromatic N) is 4. The van der Waals surface area contributed by atoms with Crippen LogP contribution < -0.4 is 15.5 Å². The molecule has 0 spiro atoms. The fraction of sp³-hybridized carbons (Fsp3) is 0.387. The number of nitriles is 1. The Hall–Kier alpha value is -3.96. The average Bonchev–Trinajstić information content (AvgIpc) is 2.93. The summed E-state index contributed by atoms with van der Waals surface area (Å²) >= 11 is 0. The van der Waals surface area contributed by atoms with E-state index < -0.39 is 5.82 Å². The number of carbonyl (C=O) groups excluding carboxylic acids is 2. The van der Waals surface area contributed by atoms with Crippen molar-refractivity contribution in [2.75, 3.05) is 42.5 Å². The third-order valence-electron chi connectivity index (χ3n) is 7.76. The number of allylic oxidation sites excluding steroid dienone is 1. The molecule has 3 aliphatic rings. The number of hydrogen-bond donors (Lipinski definition) is 1. The fourth-order valence-electron chi connectivity index (χ4n) is 5.57. The molecule has 3 heterocycles. The molecule has 1 atom stereocenters. The Kier molecular flexibility index (Phi) is 8.08. The topological polar surface area (TPSA) is 93.7 Å². The second kappa shape index (κ2) is 11.8. The van der Waals surface area contributed by atoms with Crippen molar-refractivity contribution >= 4 is 28.8 Å². The summed E-state index contributed by atoms with van der Waals surface area (Å²) in [6.45, 7) is 3.31. The predicted molar refractivity (Wildman–Crippen MR) is 150 cm³/mol. The van der Waals surface area contributed by atoms with Crippen LogP contribution in [0.3, 0.4) is 0 Å². The van der Waals surface area contributed by atoms with Crippen LogP contribution in [-0.4, -0.2) is 55.4 Å². The number of likely N-dealkylation sites (tertiary alicyclic amines) is 1. The molecule has 3 aliphatic heterocycles. The number of piperidine rings is 2. The minimum Gasteiger partial charge on any atom is -0.371 e. The molecule has 2 fully saturated rings. The first kappa shape index (κ1) is 26.6. The quantitative estimate of drug-likeness (QED) is 0.634. The second-order valence-electron chi connectivity index (χ2n) is 10.5. The number of ketones is 1. The highest BCUT2D eigenvalue weighted by Gasteiger charge is 2.26. The van der Waals surface area contributed by atoms with Gasteiger partial charge >= 0.3 is 0 Å². The Labute approximate surface area is 229 Å². The SMILES string of the molecule is N#Cc1ccc(/C2=C/C(C(=O)N3CCC[C@@H](N)C3)=C/CCCN2c2ccc(N3CCC(=O)CC3)cc2)cc1F. The molecule has 0 aromatic heterocycles. The van der Waals surface area contributed by atoms with Gasteiger partial charge in [-0.2, -0.15) is 5.26 Å². The summed E-state index contributed by atoms with van der Waals surface area (Å²) in [4.78, 5) is 31.4. The molecule has 202 valence electrons. The lowest BCUT2D eigenvalue weighted by atomic mass is 9.99. The first-order valence-electron chi connectivity index (χ1n) is 13.7. The Morgan fingerprint density at radius 2 is 1.74 bits per heavy atom. The first-order chi connectivity index (χ1) is 18.9. The maximum absolute atomic E-state index is 14.8. The highest BCUT2D eigenvalue weighted by Crippen LogP contribution is 2.33. The smallest absolute Gasteiger partial charge is 0.253 e. The van der Waals surface area contributed by atoms with E-state index in [2.05, 4.69) is 21.9 Å². The Bertz CT molecular complexity index is 1330. The van der Waals surface area contributed by atoms with Crippen molar-refractivity contribution in [2.24, 2.45) is 5.73 Å². The van der Waals surface area contributed by atoms with Crippen LogP contribution in [0.25, 0.3) is 5.70 Å². The summed E-state index contributed by atoms with van der Waals surface area (Å²) in [6, 6.07) is 14.6. The molecule has 7 nitrogen and oxygen atoms in total. The monoisotopic (exact) mass is 527 g/mol. The number of hydrogen-bond acceptors (Lipinski definition) is 6. The van der Waals surface area contributed by atoms with Gasteiger partial charge in [0.05, 0.1) is 5.56 Å². The number of carbonyl (C=O) groups is 2. The van der Waals surface area contributed by atoms with Gasteiger partial charge in [0.25, 0.3) is 5.91 Å². The van der Waals surface area contributed by atoms with E-state index in [9.17, 15) is 19.2 Å². The van der Waals surface area contributed by atoms with Gasteiger partial charge in [-0.25, -0.2) is 4.39 Å². The van der Waals surface area contributed by atoms with Crippen LogP contribution in [0.4, 0.5) is 15.8 Å². The van der Waals surface area contributed by atoms with Gasteiger partial charge in [0.2, 0.25) is 0 Å². The fourth-order valence-corrected chi connectivity index (χ4v) is 5.57. The lowest BCUT2D eigenvalue weighted by Crippen LogP contribution is -2.46. The average molecular weight is 528 g/mol. The Balaban J connectivity index is 1.51. The molecule has 0 unspecified atom stereocenters. The summed E-state index contributed by atoms with van der Waals surface area (Å²) in [6.07, 6.45) is 8.29. The van der Waals surface area contributed by atoms with Gasteiger partial charge in [-0.15, -0.1) is 0 Å². The van der Waals surface area contributed by atoms with Gasteiger partial charge in [0.1, 0.15) is 17.7 Å². The van der Waals surface area contributed by atoms with E-state index in [0.717, 1.165) is 37.1 Å². The molecule has 0 radical (unpaired) electrons. The number of anilines is 2. The van der Waals surface area contributed by atoms with E-state index in [1.165, 1.54) is 12.1 Å². The minimum atomic E-state index is -0.591. The highest BCUT2D eigenvalue weighted by atomic mass is 19.1. The molecule has 0 saturated carbocycles. The van der Waals surface area contributed by atoms with Gasteiger partial charge < -0.3 is 20.4 Å². The van der Waals surface area contributed by atoms with Crippen molar-refractivity contribution in [3.8, 4) is 6.07 Å². The standard InChI is InChI=1S/C31H34FN5O2/c32-29-18-22(6-7-24(29)20-33)30-19-23(31(39)36-14-3-5-25(34)21-36)4-1-2-15-37(30)27-10-8-26(9-11-27)35-16-12-28(38)13-17-35/h4,6-11,18-19,25H,1-3,5,12-17,21,34H2/b23-4-,30-19-/t25-/m1/s1. The second-order valence-corrected chi connectivity index (χ2v) is 10.5. The molecule has 2 aromatic carbocycles. The predicted octanol–water partition coefficient (Wildman–Crippen LogP) is 4.38. The number of nitrogens with two attached hydrogens (primary N) is 1. The van der Waals surface area contributed by atoms with Crippen LogP contribution in [0.2, 0.25) is 0 Å². The van der Waals surface area contributed by atoms with Crippen molar-refractivity contribution in [1.82, 2.24) is 4.90 Å². The van der Waals surface area contributed by atoms with Gasteiger partial charge in [-0.3, -0.25) is 9.59 Å². The normalized spacial score (nSPS) is 23.2. The number of halogens is 1. The van der Waals surface area contributed by atoms with Crippen molar-refractivity contribution in [2.45, 2.75) is 44.6 Å². The maximum Gasteiger partial charge on any atom is 0.253 e. The molecule has 5 rings (SSSR count). The zero-order valence-corrected chi connectivity index (χ0v) is 22.1. The zero-order valence-electron chi connectivity index (χ0n) is 22.1.